The van der Waals surface area contributed by atoms with Crippen LogP contribution in [0.1, 0.15) is 31.2 Å². The SMILES string of the molecule is N#CC(C=O)CCCCCc1ccccc1. The first-order chi connectivity index (χ1) is 7.86. The van der Waals surface area contributed by atoms with Crippen LogP contribution in [0.25, 0.3) is 0 Å². The molecule has 0 aliphatic heterocycles. The Labute approximate surface area is 96.9 Å². The summed E-state index contributed by atoms with van der Waals surface area (Å²) in [4.78, 5) is 10.4. The van der Waals surface area contributed by atoms with E-state index in [9.17, 15) is 4.79 Å². The summed E-state index contributed by atoms with van der Waals surface area (Å²) >= 11 is 0. The molecule has 1 unspecified atom stereocenters. The average molecular weight is 215 g/mol. The van der Waals surface area contributed by atoms with E-state index in [4.69, 9.17) is 5.26 Å². The summed E-state index contributed by atoms with van der Waals surface area (Å²) < 4.78 is 0. The lowest BCUT2D eigenvalue weighted by Gasteiger charge is -2.02. The minimum Gasteiger partial charge on any atom is -0.302 e. The largest absolute Gasteiger partial charge is 0.302 e. The summed E-state index contributed by atoms with van der Waals surface area (Å²) in [6, 6.07) is 12.4. The predicted molar refractivity (Wildman–Crippen MR) is 63.8 cm³/mol. The highest BCUT2D eigenvalue weighted by atomic mass is 16.1. The molecule has 0 heterocycles. The molecule has 1 aromatic rings. The molecule has 2 nitrogen and oxygen atoms in total. The van der Waals surface area contributed by atoms with Gasteiger partial charge in [-0.05, 0) is 24.8 Å². The molecule has 1 atom stereocenters. The minimum atomic E-state index is -0.406. The van der Waals surface area contributed by atoms with Gasteiger partial charge in [0.2, 0.25) is 0 Å². The first-order valence-corrected chi connectivity index (χ1v) is 5.75. The maximum absolute atomic E-state index is 10.4. The number of hydrogen-bond donors (Lipinski definition) is 0. The Balaban J connectivity index is 2.09. The molecular weight excluding hydrogens is 198 g/mol. The zero-order valence-corrected chi connectivity index (χ0v) is 9.43. The third kappa shape index (κ3) is 4.75. The monoisotopic (exact) mass is 215 g/mol. The predicted octanol–water partition coefficient (Wildman–Crippen LogP) is 3.13. The second-order valence-corrected chi connectivity index (χ2v) is 3.96. The first kappa shape index (κ1) is 12.4. The first-order valence-electron chi connectivity index (χ1n) is 5.75. The number of nitrogens with zero attached hydrogens (tertiary/aromatic N) is 1. The third-order valence-electron chi connectivity index (χ3n) is 2.65. The second-order valence-electron chi connectivity index (χ2n) is 3.96. The molecule has 0 saturated carbocycles. The molecule has 0 bridgehead atoms. The van der Waals surface area contributed by atoms with Gasteiger partial charge < -0.3 is 4.79 Å². The standard InChI is InChI=1S/C14H17NO/c15-11-14(12-16)10-6-2-5-9-13-7-3-1-4-8-13/h1,3-4,7-8,12,14H,2,5-6,9-10H2. The van der Waals surface area contributed by atoms with Crippen molar-refractivity contribution in [1.29, 1.82) is 5.26 Å². The average Bonchev–Trinajstić information content (AvgIpc) is 2.35. The topological polar surface area (TPSA) is 40.9 Å². The van der Waals surface area contributed by atoms with Crippen LogP contribution in [0.15, 0.2) is 30.3 Å². The van der Waals surface area contributed by atoms with Crippen molar-refractivity contribution in [3.63, 3.8) is 0 Å². The van der Waals surface area contributed by atoms with Gasteiger partial charge >= 0.3 is 0 Å². The highest BCUT2D eigenvalue weighted by molar-refractivity contribution is 5.57. The van der Waals surface area contributed by atoms with Crippen LogP contribution in [0, 0.1) is 17.2 Å². The Morgan fingerprint density at radius 2 is 1.94 bits per heavy atom. The van der Waals surface area contributed by atoms with Crippen LogP contribution in [-0.2, 0) is 11.2 Å². The van der Waals surface area contributed by atoms with E-state index < -0.39 is 5.92 Å². The Morgan fingerprint density at radius 3 is 2.56 bits per heavy atom. The summed E-state index contributed by atoms with van der Waals surface area (Å²) in [5.41, 5.74) is 1.36. The van der Waals surface area contributed by atoms with Gasteiger partial charge in [-0.3, -0.25) is 0 Å². The third-order valence-corrected chi connectivity index (χ3v) is 2.65. The number of nitriles is 1. The van der Waals surface area contributed by atoms with E-state index in [2.05, 4.69) is 12.1 Å². The van der Waals surface area contributed by atoms with Crippen LogP contribution in [0.5, 0.6) is 0 Å². The molecule has 0 aliphatic carbocycles. The highest BCUT2D eigenvalue weighted by Crippen LogP contribution is 2.10. The van der Waals surface area contributed by atoms with Gasteiger partial charge in [-0.15, -0.1) is 0 Å². The Bertz CT molecular complexity index is 340. The molecule has 2 heteroatoms. The number of hydrogen-bond acceptors (Lipinski definition) is 2. The van der Waals surface area contributed by atoms with E-state index in [0.717, 1.165) is 32.0 Å². The quantitative estimate of drug-likeness (QED) is 0.518. The highest BCUT2D eigenvalue weighted by Gasteiger charge is 2.03. The molecule has 0 aromatic heterocycles. The zero-order valence-electron chi connectivity index (χ0n) is 9.43. The van der Waals surface area contributed by atoms with Crippen LogP contribution in [0.2, 0.25) is 0 Å². The summed E-state index contributed by atoms with van der Waals surface area (Å²) in [5.74, 6) is -0.406. The number of carbonyl (C=O) groups excluding carboxylic acids is 1. The second kappa shape index (κ2) is 7.64. The zero-order chi connectivity index (χ0) is 11.6. The van der Waals surface area contributed by atoms with Crippen LogP contribution >= 0.6 is 0 Å². The molecule has 1 aromatic carbocycles. The Kier molecular flexibility index (Phi) is 5.95. The van der Waals surface area contributed by atoms with Crippen molar-refractivity contribution >= 4 is 6.29 Å². The van der Waals surface area contributed by atoms with Crippen molar-refractivity contribution in [2.45, 2.75) is 32.1 Å². The van der Waals surface area contributed by atoms with E-state index in [1.807, 2.05) is 24.3 Å². The fourth-order valence-corrected chi connectivity index (χ4v) is 1.68. The molecule has 0 saturated heterocycles. The van der Waals surface area contributed by atoms with Gasteiger partial charge in [0.25, 0.3) is 0 Å². The number of rotatable bonds is 7. The fourth-order valence-electron chi connectivity index (χ4n) is 1.68. The lowest BCUT2D eigenvalue weighted by atomic mass is 10.0. The summed E-state index contributed by atoms with van der Waals surface area (Å²) in [5, 5.41) is 8.58. The van der Waals surface area contributed by atoms with E-state index in [1.165, 1.54) is 5.56 Å². The van der Waals surface area contributed by atoms with Crippen LogP contribution < -0.4 is 0 Å². The van der Waals surface area contributed by atoms with Crippen molar-refractivity contribution in [3.8, 4) is 6.07 Å². The van der Waals surface area contributed by atoms with Gasteiger partial charge in [0.15, 0.2) is 0 Å². The van der Waals surface area contributed by atoms with Crippen molar-refractivity contribution in [2.24, 2.45) is 5.92 Å². The molecule has 0 radical (unpaired) electrons. The van der Waals surface area contributed by atoms with Gasteiger partial charge in [-0.25, -0.2) is 0 Å². The molecule has 1 rings (SSSR count). The molecule has 16 heavy (non-hydrogen) atoms. The Morgan fingerprint density at radius 1 is 1.19 bits per heavy atom. The van der Waals surface area contributed by atoms with E-state index in [0.29, 0.717) is 6.42 Å². The van der Waals surface area contributed by atoms with Gasteiger partial charge in [0.1, 0.15) is 12.2 Å². The van der Waals surface area contributed by atoms with Crippen molar-refractivity contribution < 1.29 is 4.79 Å². The van der Waals surface area contributed by atoms with Crippen molar-refractivity contribution in [1.82, 2.24) is 0 Å². The molecular formula is C14H17NO. The summed E-state index contributed by atoms with van der Waals surface area (Å²) in [6.45, 7) is 0. The van der Waals surface area contributed by atoms with E-state index in [1.54, 1.807) is 0 Å². The van der Waals surface area contributed by atoms with Crippen LogP contribution in [0.3, 0.4) is 0 Å². The Hall–Kier alpha value is -1.62. The molecule has 84 valence electrons. The van der Waals surface area contributed by atoms with Crippen LogP contribution in [0.4, 0.5) is 0 Å². The minimum absolute atomic E-state index is 0.406. The van der Waals surface area contributed by atoms with Gasteiger partial charge in [-0.2, -0.15) is 5.26 Å². The van der Waals surface area contributed by atoms with E-state index in [-0.39, 0.29) is 0 Å². The summed E-state index contributed by atoms with van der Waals surface area (Å²) in [7, 11) is 0. The van der Waals surface area contributed by atoms with E-state index >= 15 is 0 Å². The number of aldehydes is 1. The number of unbranched alkanes of at least 4 members (excludes halogenated alkanes) is 2. The summed E-state index contributed by atoms with van der Waals surface area (Å²) in [6.07, 6.45) is 5.71. The number of benzene rings is 1. The number of carbonyl (C=O) groups is 1. The van der Waals surface area contributed by atoms with Crippen molar-refractivity contribution in [3.05, 3.63) is 35.9 Å². The number of aryl methyl sites for hydroxylation is 1. The molecule has 0 N–H and O–H groups in total. The van der Waals surface area contributed by atoms with Gasteiger partial charge in [-0.1, -0.05) is 43.2 Å². The van der Waals surface area contributed by atoms with Gasteiger partial charge in [0, 0.05) is 0 Å². The molecule has 0 spiro atoms. The lowest BCUT2D eigenvalue weighted by Crippen LogP contribution is -1.97. The normalized spacial score (nSPS) is 11.7. The maximum atomic E-state index is 10.4. The van der Waals surface area contributed by atoms with Gasteiger partial charge in [0.05, 0.1) is 6.07 Å². The maximum Gasteiger partial charge on any atom is 0.137 e. The molecule has 0 amide bonds. The lowest BCUT2D eigenvalue weighted by molar-refractivity contribution is -0.109. The van der Waals surface area contributed by atoms with Crippen molar-refractivity contribution in [2.75, 3.05) is 0 Å². The fraction of sp³-hybridized carbons (Fsp3) is 0.429. The molecule has 0 aliphatic rings. The smallest absolute Gasteiger partial charge is 0.137 e. The molecule has 0 fully saturated rings. The van der Waals surface area contributed by atoms with Crippen LogP contribution in [-0.4, -0.2) is 6.29 Å².